The van der Waals surface area contributed by atoms with Gasteiger partial charge in [0.2, 0.25) is 0 Å². The molecule has 1 saturated carbocycles. The Morgan fingerprint density at radius 1 is 0.737 bits per heavy atom. The molecule has 192 valence electrons. The maximum Gasteiger partial charge on any atom is 0.433 e. The van der Waals surface area contributed by atoms with Crippen molar-refractivity contribution >= 4 is 17.3 Å². The van der Waals surface area contributed by atoms with Crippen molar-refractivity contribution in [3.05, 3.63) is 136 Å². The van der Waals surface area contributed by atoms with E-state index in [-0.39, 0.29) is 22.2 Å². The van der Waals surface area contributed by atoms with E-state index in [1.165, 1.54) is 12.1 Å². The van der Waals surface area contributed by atoms with E-state index >= 15 is 0 Å². The first kappa shape index (κ1) is 25.9. The normalized spacial score (nSPS) is 15.3. The highest BCUT2D eigenvalue weighted by molar-refractivity contribution is 6.33. The highest BCUT2D eigenvalue weighted by Gasteiger charge is 2.58. The molecule has 1 aliphatic rings. The van der Waals surface area contributed by atoms with Gasteiger partial charge in [0.15, 0.2) is 0 Å². The molecule has 1 aliphatic carbocycles. The standard InChI is InChI=1S/C32H25ClF3NO/c33-27-19-18-26(28(29(27)37)30(38,32(34,35)36)21-20-22-16-17-22)31(23-10-4-1-5-11-23,24-12-6-2-7-13-24)25-14-8-3-9-15-25/h1-15,18-19,22,38H,16-17,37H2. The van der Waals surface area contributed by atoms with E-state index in [0.717, 1.165) is 0 Å². The molecular formula is C32H25ClF3NO. The average molecular weight is 532 g/mol. The highest BCUT2D eigenvalue weighted by atomic mass is 35.5. The van der Waals surface area contributed by atoms with Gasteiger partial charge in [0, 0.05) is 11.5 Å². The van der Waals surface area contributed by atoms with Crippen molar-refractivity contribution < 1.29 is 18.3 Å². The van der Waals surface area contributed by atoms with Crippen molar-refractivity contribution in [3.63, 3.8) is 0 Å². The van der Waals surface area contributed by atoms with Crippen molar-refractivity contribution in [1.82, 2.24) is 0 Å². The van der Waals surface area contributed by atoms with E-state index < -0.39 is 22.8 Å². The number of hydrogen-bond donors (Lipinski definition) is 2. The van der Waals surface area contributed by atoms with Crippen LogP contribution in [0, 0.1) is 17.8 Å². The van der Waals surface area contributed by atoms with Gasteiger partial charge in [-0.2, -0.15) is 13.2 Å². The van der Waals surface area contributed by atoms with E-state index in [0.29, 0.717) is 29.5 Å². The van der Waals surface area contributed by atoms with Gasteiger partial charge in [-0.1, -0.05) is 121 Å². The van der Waals surface area contributed by atoms with E-state index in [1.807, 2.05) is 91.0 Å². The number of anilines is 1. The second-order valence-electron chi connectivity index (χ2n) is 9.48. The average Bonchev–Trinajstić information content (AvgIpc) is 3.76. The Hall–Kier alpha value is -3.72. The predicted molar refractivity (Wildman–Crippen MR) is 145 cm³/mol. The topological polar surface area (TPSA) is 46.2 Å². The van der Waals surface area contributed by atoms with Crippen LogP contribution in [0.25, 0.3) is 0 Å². The first-order chi connectivity index (χ1) is 18.2. The first-order valence-corrected chi connectivity index (χ1v) is 12.6. The molecular weight excluding hydrogens is 507 g/mol. The summed E-state index contributed by atoms with van der Waals surface area (Å²) in [6, 6.07) is 30.7. The number of benzene rings is 4. The van der Waals surface area contributed by atoms with Gasteiger partial charge in [-0.15, -0.1) is 0 Å². The summed E-state index contributed by atoms with van der Waals surface area (Å²) in [5.74, 6) is 4.63. The largest absolute Gasteiger partial charge is 0.433 e. The summed E-state index contributed by atoms with van der Waals surface area (Å²) in [6.45, 7) is 0. The van der Waals surface area contributed by atoms with Gasteiger partial charge < -0.3 is 10.8 Å². The van der Waals surface area contributed by atoms with Crippen LogP contribution in [0.1, 0.15) is 40.7 Å². The molecule has 0 heterocycles. The Morgan fingerprint density at radius 2 is 1.18 bits per heavy atom. The zero-order valence-electron chi connectivity index (χ0n) is 20.3. The summed E-state index contributed by atoms with van der Waals surface area (Å²) in [7, 11) is 0. The van der Waals surface area contributed by atoms with Crippen LogP contribution in [0.5, 0.6) is 0 Å². The third-order valence-electron chi connectivity index (χ3n) is 7.02. The maximum atomic E-state index is 14.9. The lowest BCUT2D eigenvalue weighted by atomic mass is 9.62. The van der Waals surface area contributed by atoms with Crippen LogP contribution < -0.4 is 5.73 Å². The number of rotatable bonds is 5. The quantitative estimate of drug-likeness (QED) is 0.159. The van der Waals surface area contributed by atoms with Crippen LogP contribution in [0.3, 0.4) is 0 Å². The first-order valence-electron chi connectivity index (χ1n) is 12.3. The van der Waals surface area contributed by atoms with Crippen LogP contribution >= 0.6 is 11.6 Å². The SMILES string of the molecule is Nc1c(Cl)ccc(C(c2ccccc2)(c2ccccc2)c2ccccc2)c1C(O)(C#CC1CC1)C(F)(F)F. The van der Waals surface area contributed by atoms with Gasteiger partial charge in [0.25, 0.3) is 5.60 Å². The predicted octanol–water partition coefficient (Wildman–Crippen LogP) is 7.47. The fourth-order valence-electron chi connectivity index (χ4n) is 5.04. The molecule has 1 atom stereocenters. The lowest BCUT2D eigenvalue weighted by molar-refractivity contribution is -0.240. The molecule has 0 amide bonds. The number of hydrogen-bond acceptors (Lipinski definition) is 2. The van der Waals surface area contributed by atoms with Crippen LogP contribution in [-0.4, -0.2) is 11.3 Å². The molecule has 3 N–H and O–H groups in total. The van der Waals surface area contributed by atoms with Gasteiger partial charge in [-0.3, -0.25) is 0 Å². The number of alkyl halides is 3. The summed E-state index contributed by atoms with van der Waals surface area (Å²) >= 11 is 6.35. The van der Waals surface area contributed by atoms with Crippen LogP contribution in [0.2, 0.25) is 5.02 Å². The van der Waals surface area contributed by atoms with E-state index in [1.54, 1.807) is 0 Å². The second kappa shape index (κ2) is 9.87. The molecule has 6 heteroatoms. The Labute approximate surface area is 224 Å². The fraction of sp³-hybridized carbons (Fsp3) is 0.188. The summed E-state index contributed by atoms with van der Waals surface area (Å²) in [5, 5.41) is 11.5. The summed E-state index contributed by atoms with van der Waals surface area (Å²) in [5.41, 5.74) is 2.83. The van der Waals surface area contributed by atoms with E-state index in [2.05, 4.69) is 11.8 Å². The molecule has 5 rings (SSSR count). The third-order valence-corrected chi connectivity index (χ3v) is 7.35. The highest BCUT2D eigenvalue weighted by Crippen LogP contribution is 2.53. The summed E-state index contributed by atoms with van der Waals surface area (Å²) in [4.78, 5) is 0. The zero-order chi connectivity index (χ0) is 27.0. The monoisotopic (exact) mass is 531 g/mol. The summed E-state index contributed by atoms with van der Waals surface area (Å²) < 4.78 is 44.7. The van der Waals surface area contributed by atoms with E-state index in [9.17, 15) is 18.3 Å². The Morgan fingerprint density at radius 3 is 1.58 bits per heavy atom. The number of nitrogens with two attached hydrogens (primary N) is 1. The van der Waals surface area contributed by atoms with Crippen molar-refractivity contribution in [2.24, 2.45) is 5.92 Å². The van der Waals surface area contributed by atoms with Crippen LogP contribution in [-0.2, 0) is 11.0 Å². The molecule has 2 nitrogen and oxygen atoms in total. The maximum absolute atomic E-state index is 14.9. The van der Waals surface area contributed by atoms with Gasteiger partial charge in [-0.25, -0.2) is 0 Å². The number of nitrogen functional groups attached to an aromatic ring is 1. The molecule has 0 aromatic heterocycles. The molecule has 1 unspecified atom stereocenters. The Kier molecular flexibility index (Phi) is 6.73. The van der Waals surface area contributed by atoms with Crippen molar-refractivity contribution in [3.8, 4) is 11.8 Å². The number of halogens is 4. The molecule has 0 aliphatic heterocycles. The molecule has 38 heavy (non-hydrogen) atoms. The van der Waals surface area contributed by atoms with Gasteiger partial charge >= 0.3 is 6.18 Å². The van der Waals surface area contributed by atoms with Crippen LogP contribution in [0.15, 0.2) is 103 Å². The number of aliphatic hydroxyl groups is 1. The van der Waals surface area contributed by atoms with Gasteiger partial charge in [0.1, 0.15) is 0 Å². The molecule has 4 aromatic rings. The molecule has 0 spiro atoms. The van der Waals surface area contributed by atoms with Gasteiger partial charge in [0.05, 0.1) is 16.1 Å². The minimum Gasteiger partial charge on any atom is -0.397 e. The van der Waals surface area contributed by atoms with Crippen molar-refractivity contribution in [2.75, 3.05) is 5.73 Å². The van der Waals surface area contributed by atoms with Crippen molar-refractivity contribution in [1.29, 1.82) is 0 Å². The molecule has 4 aromatic carbocycles. The molecule has 0 radical (unpaired) electrons. The van der Waals surface area contributed by atoms with Crippen molar-refractivity contribution in [2.45, 2.75) is 30.0 Å². The minimum absolute atomic E-state index is 0.0947. The molecule has 0 bridgehead atoms. The Bertz CT molecular complexity index is 1390. The fourth-order valence-corrected chi connectivity index (χ4v) is 5.19. The van der Waals surface area contributed by atoms with Crippen LogP contribution in [0.4, 0.5) is 18.9 Å². The summed E-state index contributed by atoms with van der Waals surface area (Å²) in [6.07, 6.45) is -3.76. The Balaban J connectivity index is 1.98. The third kappa shape index (κ3) is 4.34. The molecule has 0 saturated heterocycles. The van der Waals surface area contributed by atoms with Gasteiger partial charge in [-0.05, 0) is 41.2 Å². The molecule has 1 fully saturated rings. The van der Waals surface area contributed by atoms with E-state index in [4.69, 9.17) is 17.3 Å². The second-order valence-corrected chi connectivity index (χ2v) is 9.89. The smallest absolute Gasteiger partial charge is 0.397 e. The lowest BCUT2D eigenvalue weighted by Gasteiger charge is -2.41. The zero-order valence-corrected chi connectivity index (χ0v) is 21.1. The minimum atomic E-state index is -5.15. The lowest BCUT2D eigenvalue weighted by Crippen LogP contribution is -2.45.